The molecule has 0 aliphatic rings. The van der Waals surface area contributed by atoms with Crippen molar-refractivity contribution in [2.24, 2.45) is 0 Å². The predicted molar refractivity (Wildman–Crippen MR) is 130 cm³/mol. The fourth-order valence-electron chi connectivity index (χ4n) is 3.19. The Kier molecular flexibility index (Phi) is 9.04. The summed E-state index contributed by atoms with van der Waals surface area (Å²) >= 11 is 0. The van der Waals surface area contributed by atoms with Crippen LogP contribution < -0.4 is 19.5 Å². The topological polar surface area (TPSA) is 103 Å². The third-order valence-electron chi connectivity index (χ3n) is 5.02. The number of ether oxygens (including phenoxy) is 3. The van der Waals surface area contributed by atoms with Gasteiger partial charge in [0.1, 0.15) is 12.4 Å². The molecule has 8 nitrogen and oxygen atoms in total. The lowest BCUT2D eigenvalue weighted by molar-refractivity contribution is -0.126. The van der Waals surface area contributed by atoms with Crippen molar-refractivity contribution in [1.82, 2.24) is 5.32 Å². The summed E-state index contributed by atoms with van der Waals surface area (Å²) in [6.45, 7) is 0.464. The molecule has 3 aromatic rings. The standard InChI is InChI=1S/C25H27FN2O6S/c1-32-23-12-9-21(15-24(23)33-2)28-35(30,31)22-10-5-18(6-11-22)13-14-27-25(29)17-34-16-19-3-7-20(26)8-4-19/h3-12,15,28H,13-14,16-17H2,1-2H3,(H,27,29). The van der Waals surface area contributed by atoms with Crippen molar-refractivity contribution >= 4 is 21.6 Å². The smallest absolute Gasteiger partial charge is 0.261 e. The van der Waals surface area contributed by atoms with Crippen molar-refractivity contribution in [1.29, 1.82) is 0 Å². The second kappa shape index (κ2) is 12.2. The van der Waals surface area contributed by atoms with E-state index in [2.05, 4.69) is 10.0 Å². The lowest BCUT2D eigenvalue weighted by Gasteiger charge is -2.12. The molecule has 0 aliphatic heterocycles. The van der Waals surface area contributed by atoms with Crippen LogP contribution in [0.1, 0.15) is 11.1 Å². The zero-order chi connectivity index (χ0) is 25.3. The molecule has 0 aliphatic carbocycles. The Bertz CT molecular complexity index is 1230. The third-order valence-corrected chi connectivity index (χ3v) is 6.42. The summed E-state index contributed by atoms with van der Waals surface area (Å²) in [4.78, 5) is 12.0. The van der Waals surface area contributed by atoms with Gasteiger partial charge >= 0.3 is 0 Å². The second-order valence-electron chi connectivity index (χ2n) is 7.54. The first kappa shape index (κ1) is 26.0. The number of rotatable bonds is 12. The van der Waals surface area contributed by atoms with Gasteiger partial charge in [-0.25, -0.2) is 12.8 Å². The van der Waals surface area contributed by atoms with Crippen LogP contribution in [0, 0.1) is 5.82 Å². The molecule has 0 unspecified atom stereocenters. The SMILES string of the molecule is COc1ccc(NS(=O)(=O)c2ccc(CCNC(=O)COCc3ccc(F)cc3)cc2)cc1OC. The van der Waals surface area contributed by atoms with Crippen LogP contribution in [0.2, 0.25) is 0 Å². The number of halogens is 1. The maximum atomic E-state index is 12.9. The first-order valence-electron chi connectivity index (χ1n) is 10.7. The zero-order valence-electron chi connectivity index (χ0n) is 19.4. The highest BCUT2D eigenvalue weighted by molar-refractivity contribution is 7.92. The highest BCUT2D eigenvalue weighted by Gasteiger charge is 2.15. The summed E-state index contributed by atoms with van der Waals surface area (Å²) in [5, 5.41) is 2.75. The first-order chi connectivity index (χ1) is 16.8. The Morgan fingerprint density at radius 2 is 1.54 bits per heavy atom. The number of nitrogens with one attached hydrogen (secondary N) is 2. The fraction of sp³-hybridized carbons (Fsp3) is 0.240. The van der Waals surface area contributed by atoms with Crippen molar-refractivity contribution in [3.63, 3.8) is 0 Å². The summed E-state index contributed by atoms with van der Waals surface area (Å²) in [5.74, 6) is 0.300. The Morgan fingerprint density at radius 1 is 0.886 bits per heavy atom. The number of hydrogen-bond donors (Lipinski definition) is 2. The van der Waals surface area contributed by atoms with Gasteiger partial charge in [0.25, 0.3) is 10.0 Å². The number of carbonyl (C=O) groups is 1. The number of anilines is 1. The van der Waals surface area contributed by atoms with Crippen LogP contribution in [-0.2, 0) is 32.6 Å². The van der Waals surface area contributed by atoms with Crippen LogP contribution in [0.5, 0.6) is 11.5 Å². The molecule has 0 bridgehead atoms. The van der Waals surface area contributed by atoms with Gasteiger partial charge in [0.05, 0.1) is 31.4 Å². The predicted octanol–water partition coefficient (Wildman–Crippen LogP) is 3.52. The molecule has 0 aromatic heterocycles. The monoisotopic (exact) mass is 502 g/mol. The molecule has 0 heterocycles. The molecule has 1 amide bonds. The van der Waals surface area contributed by atoms with Gasteiger partial charge in [-0.3, -0.25) is 9.52 Å². The lowest BCUT2D eigenvalue weighted by atomic mass is 10.1. The van der Waals surface area contributed by atoms with E-state index in [0.29, 0.717) is 30.2 Å². The van der Waals surface area contributed by atoms with Crippen LogP contribution in [0.25, 0.3) is 0 Å². The van der Waals surface area contributed by atoms with Gasteiger partial charge in [-0.15, -0.1) is 0 Å². The molecule has 0 atom stereocenters. The minimum absolute atomic E-state index is 0.106. The molecule has 35 heavy (non-hydrogen) atoms. The molecule has 0 spiro atoms. The van der Waals surface area contributed by atoms with E-state index in [1.54, 1.807) is 36.4 Å². The molecule has 3 aromatic carbocycles. The van der Waals surface area contributed by atoms with Crippen LogP contribution in [0.4, 0.5) is 10.1 Å². The van der Waals surface area contributed by atoms with E-state index in [9.17, 15) is 17.6 Å². The van der Waals surface area contributed by atoms with E-state index in [1.807, 2.05) is 0 Å². The fourth-order valence-corrected chi connectivity index (χ4v) is 4.24. The highest BCUT2D eigenvalue weighted by Crippen LogP contribution is 2.30. The maximum absolute atomic E-state index is 12.9. The Hall–Kier alpha value is -3.63. The van der Waals surface area contributed by atoms with E-state index in [-0.39, 0.29) is 29.8 Å². The Balaban J connectivity index is 1.45. The average Bonchev–Trinajstić information content (AvgIpc) is 2.85. The van der Waals surface area contributed by atoms with Crippen molar-refractivity contribution in [3.8, 4) is 11.5 Å². The highest BCUT2D eigenvalue weighted by atomic mass is 32.2. The van der Waals surface area contributed by atoms with Crippen LogP contribution in [0.3, 0.4) is 0 Å². The molecular weight excluding hydrogens is 475 g/mol. The van der Waals surface area contributed by atoms with Crippen molar-refractivity contribution in [2.75, 3.05) is 32.1 Å². The number of carbonyl (C=O) groups excluding carboxylic acids is 1. The summed E-state index contributed by atoms with van der Waals surface area (Å²) in [5.41, 5.74) is 1.98. The number of sulfonamides is 1. The Morgan fingerprint density at radius 3 is 2.20 bits per heavy atom. The normalized spacial score (nSPS) is 11.1. The van der Waals surface area contributed by atoms with Crippen LogP contribution >= 0.6 is 0 Å². The van der Waals surface area contributed by atoms with Crippen LogP contribution in [0.15, 0.2) is 71.6 Å². The van der Waals surface area contributed by atoms with Gasteiger partial charge in [0.2, 0.25) is 5.91 Å². The number of amides is 1. The molecule has 186 valence electrons. The molecule has 0 saturated heterocycles. The number of methoxy groups -OCH3 is 2. The van der Waals surface area contributed by atoms with Gasteiger partial charge in [0.15, 0.2) is 11.5 Å². The average molecular weight is 503 g/mol. The first-order valence-corrected chi connectivity index (χ1v) is 12.2. The van der Waals surface area contributed by atoms with E-state index in [4.69, 9.17) is 14.2 Å². The van der Waals surface area contributed by atoms with Crippen LogP contribution in [-0.4, -0.2) is 41.7 Å². The van der Waals surface area contributed by atoms with Gasteiger partial charge in [-0.2, -0.15) is 0 Å². The molecule has 10 heteroatoms. The Labute approximate surface area is 204 Å². The molecular formula is C25H27FN2O6S. The summed E-state index contributed by atoms with van der Waals surface area (Å²) < 4.78 is 56.5. The van der Waals surface area contributed by atoms with Crippen molar-refractivity contribution < 1.29 is 31.8 Å². The van der Waals surface area contributed by atoms with Crippen molar-refractivity contribution in [2.45, 2.75) is 17.9 Å². The number of benzene rings is 3. The quantitative estimate of drug-likeness (QED) is 0.393. The minimum atomic E-state index is -3.80. The van der Waals surface area contributed by atoms with E-state index < -0.39 is 10.0 Å². The summed E-state index contributed by atoms with van der Waals surface area (Å²) in [6.07, 6.45) is 0.521. The summed E-state index contributed by atoms with van der Waals surface area (Å²) in [6, 6.07) is 17.0. The van der Waals surface area contributed by atoms with E-state index >= 15 is 0 Å². The zero-order valence-corrected chi connectivity index (χ0v) is 20.2. The maximum Gasteiger partial charge on any atom is 0.261 e. The van der Waals surface area contributed by atoms with Gasteiger partial charge in [-0.1, -0.05) is 24.3 Å². The van der Waals surface area contributed by atoms with Crippen molar-refractivity contribution in [3.05, 3.63) is 83.7 Å². The number of hydrogen-bond acceptors (Lipinski definition) is 6. The second-order valence-corrected chi connectivity index (χ2v) is 9.22. The van der Waals surface area contributed by atoms with Gasteiger partial charge < -0.3 is 19.5 Å². The summed E-state index contributed by atoms with van der Waals surface area (Å²) in [7, 11) is -0.828. The largest absolute Gasteiger partial charge is 0.493 e. The molecule has 0 radical (unpaired) electrons. The third kappa shape index (κ3) is 7.69. The van der Waals surface area contributed by atoms with Gasteiger partial charge in [0, 0.05) is 12.6 Å². The van der Waals surface area contributed by atoms with E-state index in [1.165, 1.54) is 44.6 Å². The van der Waals surface area contributed by atoms with Gasteiger partial charge in [-0.05, 0) is 53.9 Å². The molecule has 3 rings (SSSR count). The van der Waals surface area contributed by atoms with E-state index in [0.717, 1.165) is 11.1 Å². The molecule has 0 fully saturated rings. The molecule has 0 saturated carbocycles. The lowest BCUT2D eigenvalue weighted by Crippen LogP contribution is -2.29. The minimum Gasteiger partial charge on any atom is -0.493 e. The molecule has 2 N–H and O–H groups in total.